The minimum atomic E-state index is 0.0445. The zero-order chi connectivity index (χ0) is 13.3. The Hall–Kier alpha value is -1.22. The second-order valence-corrected chi connectivity index (χ2v) is 6.88. The highest BCUT2D eigenvalue weighted by Crippen LogP contribution is 2.44. The zero-order valence-corrected chi connectivity index (χ0v) is 12.2. The van der Waals surface area contributed by atoms with Crippen molar-refractivity contribution in [3.63, 3.8) is 0 Å². The number of rotatable bonds is 2. The van der Waals surface area contributed by atoms with Crippen LogP contribution in [-0.4, -0.2) is 12.8 Å². The number of hydrogen-bond donors (Lipinski definition) is 0. The smallest absolute Gasteiger partial charge is 0.158 e. The lowest BCUT2D eigenvalue weighted by atomic mass is 9.90. The van der Waals surface area contributed by atoms with E-state index in [0.29, 0.717) is 6.42 Å². The monoisotopic (exact) mass is 261 g/mol. The molecule has 0 radical (unpaired) electrons. The molecule has 0 saturated heterocycles. The third kappa shape index (κ3) is 2.96. The summed E-state index contributed by atoms with van der Waals surface area (Å²) in [6.45, 7) is 6.26. The third-order valence-electron chi connectivity index (χ3n) is 2.76. The first-order valence-corrected chi connectivity index (χ1v) is 6.94. The molecule has 2 rings (SSSR count). The van der Waals surface area contributed by atoms with Gasteiger partial charge in [-0.15, -0.1) is 0 Å². The molecular weight excluding hydrogens is 242 g/mol. The summed E-state index contributed by atoms with van der Waals surface area (Å²) in [5.74, 6) is 0.199. The van der Waals surface area contributed by atoms with Gasteiger partial charge in [-0.05, 0) is 17.5 Å². The van der Waals surface area contributed by atoms with Crippen molar-refractivity contribution in [2.45, 2.75) is 32.1 Å². The molecule has 0 atom stereocenters. The number of ketones is 1. The van der Waals surface area contributed by atoms with Gasteiger partial charge in [-0.25, -0.2) is 0 Å². The molecule has 1 heterocycles. The minimum absolute atomic E-state index is 0.0445. The van der Waals surface area contributed by atoms with Crippen molar-refractivity contribution in [2.75, 3.05) is 11.9 Å². The number of thioether (sulfide) groups is 1. The van der Waals surface area contributed by atoms with Gasteiger partial charge >= 0.3 is 0 Å². The first-order valence-electron chi connectivity index (χ1n) is 6.12. The average molecular weight is 261 g/mol. The number of benzene rings is 1. The molecule has 0 spiro atoms. The summed E-state index contributed by atoms with van der Waals surface area (Å²) < 4.78 is 0. The number of hydrogen-bond acceptors (Lipinski definition) is 3. The number of anilines is 1. The normalized spacial score (nSPS) is 17.1. The quantitative estimate of drug-likeness (QED) is 0.748. The van der Waals surface area contributed by atoms with Crippen LogP contribution >= 0.6 is 11.8 Å². The fourth-order valence-electron chi connectivity index (χ4n) is 1.96. The van der Waals surface area contributed by atoms with Crippen molar-refractivity contribution >= 4 is 23.2 Å². The van der Waals surface area contributed by atoms with Crippen molar-refractivity contribution in [1.82, 2.24) is 0 Å². The summed E-state index contributed by atoms with van der Waals surface area (Å²) in [5, 5.41) is 1.02. The maximum atomic E-state index is 12.0. The van der Waals surface area contributed by atoms with Gasteiger partial charge in [0.2, 0.25) is 0 Å². The van der Waals surface area contributed by atoms with E-state index in [1.807, 2.05) is 19.2 Å². The zero-order valence-electron chi connectivity index (χ0n) is 11.4. The molecule has 0 aliphatic carbocycles. The first kappa shape index (κ1) is 13.2. The fourth-order valence-corrected chi connectivity index (χ4v) is 3.07. The summed E-state index contributed by atoms with van der Waals surface area (Å²) in [5.41, 5.74) is 1.22. The Morgan fingerprint density at radius 1 is 1.33 bits per heavy atom. The van der Waals surface area contributed by atoms with E-state index in [4.69, 9.17) is 0 Å². The van der Waals surface area contributed by atoms with Crippen LogP contribution in [0.5, 0.6) is 0 Å². The van der Waals surface area contributed by atoms with Crippen LogP contribution in [0.3, 0.4) is 0 Å². The highest BCUT2D eigenvalue weighted by Gasteiger charge is 2.23. The van der Waals surface area contributed by atoms with E-state index in [9.17, 15) is 4.79 Å². The summed E-state index contributed by atoms with van der Waals surface area (Å²) in [4.78, 5) is 15.3. The summed E-state index contributed by atoms with van der Waals surface area (Å²) in [7, 11) is 2.01. The van der Waals surface area contributed by atoms with Crippen LogP contribution in [-0.2, 0) is 4.79 Å². The lowest BCUT2D eigenvalue weighted by molar-refractivity contribution is -0.116. The predicted octanol–water partition coefficient (Wildman–Crippen LogP) is 4.08. The third-order valence-corrected chi connectivity index (χ3v) is 3.93. The van der Waals surface area contributed by atoms with Gasteiger partial charge in [-0.1, -0.05) is 44.7 Å². The van der Waals surface area contributed by atoms with Crippen LogP contribution in [0.4, 0.5) is 5.69 Å². The molecule has 1 aliphatic heterocycles. The standard InChI is InChI=1S/C15H19NOS/c1-15(2,3)10-11(17)9-14-16(4)12-7-5-6-8-13(12)18-14/h5-9H,10H2,1-4H3. The maximum absolute atomic E-state index is 12.0. The Labute approximate surface area is 113 Å². The van der Waals surface area contributed by atoms with Crippen LogP contribution in [0.25, 0.3) is 0 Å². The van der Waals surface area contributed by atoms with Crippen LogP contribution in [0.1, 0.15) is 27.2 Å². The Morgan fingerprint density at radius 3 is 2.61 bits per heavy atom. The number of carbonyl (C=O) groups is 1. The molecule has 3 heteroatoms. The van der Waals surface area contributed by atoms with E-state index in [-0.39, 0.29) is 11.2 Å². The van der Waals surface area contributed by atoms with Crippen molar-refractivity contribution in [3.8, 4) is 0 Å². The molecule has 0 unspecified atom stereocenters. The largest absolute Gasteiger partial charge is 0.338 e. The number of allylic oxidation sites excluding steroid dienone is 1. The molecule has 0 fully saturated rings. The van der Waals surface area contributed by atoms with E-state index in [1.54, 1.807) is 17.8 Å². The van der Waals surface area contributed by atoms with E-state index in [1.165, 1.54) is 10.6 Å². The van der Waals surface area contributed by atoms with Crippen LogP contribution in [0.2, 0.25) is 0 Å². The van der Waals surface area contributed by atoms with Crippen molar-refractivity contribution in [2.24, 2.45) is 5.41 Å². The van der Waals surface area contributed by atoms with E-state index in [0.717, 1.165) is 5.03 Å². The molecule has 1 aromatic rings. The maximum Gasteiger partial charge on any atom is 0.158 e. The molecule has 0 saturated carbocycles. The Balaban J connectivity index is 2.16. The first-order chi connectivity index (χ1) is 8.37. The molecule has 18 heavy (non-hydrogen) atoms. The van der Waals surface area contributed by atoms with E-state index in [2.05, 4.69) is 37.8 Å². The summed E-state index contributed by atoms with van der Waals surface area (Å²) >= 11 is 1.66. The lowest BCUT2D eigenvalue weighted by Gasteiger charge is -2.17. The highest BCUT2D eigenvalue weighted by atomic mass is 32.2. The van der Waals surface area contributed by atoms with Crippen LogP contribution in [0, 0.1) is 5.41 Å². The average Bonchev–Trinajstić information content (AvgIpc) is 2.54. The second-order valence-electron chi connectivity index (χ2n) is 5.82. The number of para-hydroxylation sites is 1. The van der Waals surface area contributed by atoms with Crippen LogP contribution < -0.4 is 4.90 Å². The number of nitrogens with zero attached hydrogens (tertiary/aromatic N) is 1. The fraction of sp³-hybridized carbons (Fsp3) is 0.400. The Morgan fingerprint density at radius 2 is 2.00 bits per heavy atom. The molecule has 1 aliphatic rings. The molecule has 2 nitrogen and oxygen atoms in total. The van der Waals surface area contributed by atoms with Gasteiger partial charge in [-0.3, -0.25) is 4.79 Å². The summed E-state index contributed by atoms with van der Waals surface area (Å²) in [6, 6.07) is 8.22. The predicted molar refractivity (Wildman–Crippen MR) is 77.9 cm³/mol. The van der Waals surface area contributed by atoms with Gasteiger partial charge in [0, 0.05) is 24.4 Å². The summed E-state index contributed by atoms with van der Waals surface area (Å²) in [6.07, 6.45) is 2.36. The van der Waals surface area contributed by atoms with Gasteiger partial charge in [0.25, 0.3) is 0 Å². The van der Waals surface area contributed by atoms with E-state index < -0.39 is 0 Å². The number of fused-ring (bicyclic) bond motifs is 1. The van der Waals surface area contributed by atoms with E-state index >= 15 is 0 Å². The van der Waals surface area contributed by atoms with Crippen molar-refractivity contribution < 1.29 is 4.79 Å². The SMILES string of the molecule is CN1C(=CC(=O)CC(C)(C)C)Sc2ccccc21. The van der Waals surface area contributed by atoms with Crippen molar-refractivity contribution in [1.29, 1.82) is 0 Å². The second kappa shape index (κ2) is 4.81. The Bertz CT molecular complexity index is 499. The molecule has 1 aromatic carbocycles. The van der Waals surface area contributed by atoms with Gasteiger partial charge < -0.3 is 4.90 Å². The molecule has 0 aromatic heterocycles. The minimum Gasteiger partial charge on any atom is -0.338 e. The van der Waals surface area contributed by atoms with Gasteiger partial charge in [-0.2, -0.15) is 0 Å². The molecular formula is C15H19NOS. The Kier molecular flexibility index (Phi) is 3.53. The molecule has 96 valence electrons. The number of carbonyl (C=O) groups excluding carboxylic acids is 1. The highest BCUT2D eigenvalue weighted by molar-refractivity contribution is 8.03. The van der Waals surface area contributed by atoms with Gasteiger partial charge in [0.05, 0.1) is 10.7 Å². The topological polar surface area (TPSA) is 20.3 Å². The molecule has 0 amide bonds. The van der Waals surface area contributed by atoms with Crippen LogP contribution in [0.15, 0.2) is 40.3 Å². The molecule has 0 bridgehead atoms. The van der Waals surface area contributed by atoms with Gasteiger partial charge in [0.1, 0.15) is 0 Å². The lowest BCUT2D eigenvalue weighted by Crippen LogP contribution is -2.14. The van der Waals surface area contributed by atoms with Crippen molar-refractivity contribution in [3.05, 3.63) is 35.4 Å². The molecule has 0 N–H and O–H groups in total. The van der Waals surface area contributed by atoms with Gasteiger partial charge in [0.15, 0.2) is 5.78 Å².